The van der Waals surface area contributed by atoms with Gasteiger partial charge in [0.05, 0.1) is 12.2 Å². The van der Waals surface area contributed by atoms with E-state index >= 15 is 0 Å². The van der Waals surface area contributed by atoms with Gasteiger partial charge in [-0.2, -0.15) is 9.61 Å². The molecule has 1 saturated carbocycles. The maximum absolute atomic E-state index is 13.5. The van der Waals surface area contributed by atoms with Crippen LogP contribution < -0.4 is 16.0 Å². The van der Waals surface area contributed by atoms with Gasteiger partial charge in [0.15, 0.2) is 22.9 Å². The lowest BCUT2D eigenvalue weighted by molar-refractivity contribution is 0.425. The summed E-state index contributed by atoms with van der Waals surface area (Å²) in [4.78, 5) is 11.7. The molecule has 4 N–H and O–H groups in total. The summed E-state index contributed by atoms with van der Waals surface area (Å²) in [5.41, 5.74) is 1.90. The van der Waals surface area contributed by atoms with Crippen molar-refractivity contribution >= 4 is 17.5 Å². The maximum Gasteiger partial charge on any atom is 0.198 e. The molecule has 1 aliphatic carbocycles. The van der Waals surface area contributed by atoms with Crippen LogP contribution in [-0.4, -0.2) is 35.8 Å². The average molecular weight is 424 g/mol. The Bertz CT molecular complexity index is 1390. The summed E-state index contributed by atoms with van der Waals surface area (Å²) in [7, 11) is 0. The third-order valence-corrected chi connectivity index (χ3v) is 4.86. The second-order valence-electron chi connectivity index (χ2n) is 7.43. The molecule has 5 rings (SSSR count). The van der Waals surface area contributed by atoms with Crippen LogP contribution in [0.25, 0.3) is 11.7 Å². The number of aromatic hydroxyl groups is 2. The minimum atomic E-state index is -0.646. The predicted octanol–water partition coefficient (Wildman–Crippen LogP) is 1.97. The van der Waals surface area contributed by atoms with Crippen molar-refractivity contribution in [2.45, 2.75) is 25.4 Å². The Morgan fingerprint density at radius 3 is 2.61 bits per heavy atom. The topological polar surface area (TPSA) is 111 Å². The van der Waals surface area contributed by atoms with E-state index in [0.717, 1.165) is 18.9 Å². The molecule has 3 heterocycles. The molecule has 0 unspecified atom stereocenters. The first kappa shape index (κ1) is 19.0. The summed E-state index contributed by atoms with van der Waals surface area (Å²) in [5.74, 6) is -1.17. The Labute approximate surface area is 174 Å². The van der Waals surface area contributed by atoms with E-state index in [2.05, 4.69) is 25.4 Å². The van der Waals surface area contributed by atoms with Crippen LogP contribution in [0.5, 0.6) is 11.8 Å². The summed E-state index contributed by atoms with van der Waals surface area (Å²) < 4.78 is 28.5. The molecule has 8 nitrogen and oxygen atoms in total. The van der Waals surface area contributed by atoms with E-state index in [0.29, 0.717) is 33.3 Å². The molecule has 0 saturated heterocycles. The van der Waals surface area contributed by atoms with Crippen LogP contribution >= 0.6 is 0 Å². The molecule has 158 valence electrons. The van der Waals surface area contributed by atoms with Gasteiger partial charge in [0.25, 0.3) is 0 Å². The number of anilines is 1. The number of nitrogens with one attached hydrogen (secondary N) is 2. The zero-order chi connectivity index (χ0) is 21.5. The van der Waals surface area contributed by atoms with Crippen molar-refractivity contribution < 1.29 is 19.0 Å². The Kier molecular flexibility index (Phi) is 4.54. The van der Waals surface area contributed by atoms with Crippen LogP contribution in [0.1, 0.15) is 24.0 Å². The van der Waals surface area contributed by atoms with E-state index in [4.69, 9.17) is 0 Å². The number of aromatic amines is 1. The molecule has 1 fully saturated rings. The first-order chi connectivity index (χ1) is 14.9. The number of aromatic nitrogens is 4. The summed E-state index contributed by atoms with van der Waals surface area (Å²) in [6.07, 6.45) is 5.23. The van der Waals surface area contributed by atoms with Gasteiger partial charge in [-0.3, -0.25) is 9.98 Å². The van der Waals surface area contributed by atoms with Crippen LogP contribution in [-0.2, 0) is 6.54 Å². The molecule has 0 bridgehead atoms. The van der Waals surface area contributed by atoms with E-state index in [9.17, 15) is 19.0 Å². The van der Waals surface area contributed by atoms with Crippen LogP contribution in [0.15, 0.2) is 41.5 Å². The Morgan fingerprint density at radius 1 is 1.16 bits per heavy atom. The summed E-state index contributed by atoms with van der Waals surface area (Å²) in [6, 6.07) is 6.68. The Hall–Kier alpha value is -3.95. The number of H-pyrrole nitrogens is 1. The summed E-state index contributed by atoms with van der Waals surface area (Å²) in [6.45, 7) is 0.167. The molecule has 0 spiro atoms. The largest absolute Gasteiger partial charge is 0.494 e. The van der Waals surface area contributed by atoms with Gasteiger partial charge in [0.2, 0.25) is 0 Å². The van der Waals surface area contributed by atoms with Crippen molar-refractivity contribution in [1.29, 1.82) is 0 Å². The first-order valence-electron chi connectivity index (χ1n) is 9.69. The molecule has 1 aliphatic rings. The van der Waals surface area contributed by atoms with Gasteiger partial charge in [0, 0.05) is 35.5 Å². The van der Waals surface area contributed by atoms with E-state index in [1.807, 2.05) is 0 Å². The highest BCUT2D eigenvalue weighted by atomic mass is 19.1. The average Bonchev–Trinajstić information content (AvgIpc) is 3.34. The Morgan fingerprint density at radius 2 is 1.94 bits per heavy atom. The molecule has 0 atom stereocenters. The molecule has 0 radical (unpaired) electrons. The minimum absolute atomic E-state index is 0.165. The van der Waals surface area contributed by atoms with Gasteiger partial charge in [-0.25, -0.2) is 13.8 Å². The molecule has 0 aliphatic heterocycles. The lowest BCUT2D eigenvalue weighted by Crippen LogP contribution is -2.20. The fourth-order valence-corrected chi connectivity index (χ4v) is 3.27. The van der Waals surface area contributed by atoms with Crippen molar-refractivity contribution in [3.8, 4) is 11.8 Å². The number of rotatable bonds is 5. The smallest absolute Gasteiger partial charge is 0.198 e. The van der Waals surface area contributed by atoms with E-state index in [-0.39, 0.29) is 24.3 Å². The number of halogens is 2. The highest BCUT2D eigenvalue weighted by Crippen LogP contribution is 2.23. The van der Waals surface area contributed by atoms with E-state index < -0.39 is 11.6 Å². The Balaban J connectivity index is 1.57. The zero-order valence-corrected chi connectivity index (χ0v) is 16.2. The van der Waals surface area contributed by atoms with Crippen LogP contribution in [0.3, 0.4) is 0 Å². The van der Waals surface area contributed by atoms with Crippen molar-refractivity contribution in [2.24, 2.45) is 4.99 Å². The molecular formula is C21H18F2N6O2. The number of fused-ring (bicyclic) bond motifs is 1. The second kappa shape index (κ2) is 7.38. The van der Waals surface area contributed by atoms with E-state index in [1.165, 1.54) is 18.2 Å². The lowest BCUT2D eigenvalue weighted by Gasteiger charge is -2.07. The lowest BCUT2D eigenvalue weighted by atomic mass is 10.2. The molecule has 10 heteroatoms. The fraction of sp³-hybridized carbons (Fsp3) is 0.190. The van der Waals surface area contributed by atoms with E-state index in [1.54, 1.807) is 22.9 Å². The molecule has 1 aromatic carbocycles. The van der Waals surface area contributed by atoms with Crippen molar-refractivity contribution in [3.05, 3.63) is 70.0 Å². The normalized spacial score (nSPS) is 15.2. The third-order valence-electron chi connectivity index (χ3n) is 4.86. The third kappa shape index (κ3) is 4.04. The molecular weight excluding hydrogens is 406 g/mol. The standard InChI is InChI=1S/C21H18F2N6O2/c22-14-3-11(4-15(23)7-14)9-24-17-8-18(26-16-1-2-16)29-20(27-17)13(10-25-29)5-12-6-19(30)28-21(12)31/h3-8,10,16,24,28,30-31H,1-2,9H2. The highest BCUT2D eigenvalue weighted by molar-refractivity contribution is 5.62. The summed E-state index contributed by atoms with van der Waals surface area (Å²) >= 11 is 0. The maximum atomic E-state index is 13.5. The SMILES string of the molecule is Oc1cc(C=c2cnn3c(=NC4CC4)cc(NCc4cc(F)cc(F)c4)nc23)c(O)[nH]1. The minimum Gasteiger partial charge on any atom is -0.494 e. The first-order valence-corrected chi connectivity index (χ1v) is 9.69. The van der Waals surface area contributed by atoms with Crippen LogP contribution in [0.2, 0.25) is 0 Å². The highest BCUT2D eigenvalue weighted by Gasteiger charge is 2.20. The van der Waals surface area contributed by atoms with Gasteiger partial charge < -0.3 is 15.5 Å². The molecule has 31 heavy (non-hydrogen) atoms. The predicted molar refractivity (Wildman–Crippen MR) is 108 cm³/mol. The van der Waals surface area contributed by atoms with Gasteiger partial charge in [-0.15, -0.1) is 0 Å². The molecule has 3 aromatic heterocycles. The van der Waals surface area contributed by atoms with Crippen LogP contribution in [0.4, 0.5) is 14.6 Å². The van der Waals surface area contributed by atoms with Crippen molar-refractivity contribution in [3.63, 3.8) is 0 Å². The summed E-state index contributed by atoms with van der Waals surface area (Å²) in [5, 5.41) is 27.5. The fourth-order valence-electron chi connectivity index (χ4n) is 3.27. The number of hydrogen-bond donors (Lipinski definition) is 4. The van der Waals surface area contributed by atoms with Crippen LogP contribution in [0, 0.1) is 11.6 Å². The van der Waals surface area contributed by atoms with Gasteiger partial charge in [-0.1, -0.05) is 0 Å². The monoisotopic (exact) mass is 424 g/mol. The van der Waals surface area contributed by atoms with Gasteiger partial charge in [0.1, 0.15) is 17.5 Å². The number of benzene rings is 1. The van der Waals surface area contributed by atoms with Gasteiger partial charge in [-0.05, 0) is 36.6 Å². The zero-order valence-electron chi connectivity index (χ0n) is 16.2. The molecule has 4 aromatic rings. The van der Waals surface area contributed by atoms with Crippen molar-refractivity contribution in [2.75, 3.05) is 5.32 Å². The van der Waals surface area contributed by atoms with Gasteiger partial charge >= 0.3 is 0 Å². The second-order valence-corrected chi connectivity index (χ2v) is 7.43. The molecule has 0 amide bonds. The number of nitrogens with zero attached hydrogens (tertiary/aromatic N) is 4. The van der Waals surface area contributed by atoms with Crippen molar-refractivity contribution in [1.82, 2.24) is 19.6 Å². The number of hydrogen-bond acceptors (Lipinski definition) is 6. The quantitative estimate of drug-likeness (QED) is 0.392.